The van der Waals surface area contributed by atoms with Crippen molar-refractivity contribution in [1.29, 1.82) is 0 Å². The first-order chi connectivity index (χ1) is 9.54. The molecule has 2 N–H and O–H groups in total. The summed E-state index contributed by atoms with van der Waals surface area (Å²) < 4.78 is 1.36. The second-order valence-corrected chi connectivity index (χ2v) is 4.66. The van der Waals surface area contributed by atoms with Crippen LogP contribution in [-0.2, 0) is 6.54 Å². The number of aromatic amines is 1. The molecule has 0 aliphatic heterocycles. The Morgan fingerprint density at radius 2 is 2.05 bits per heavy atom. The van der Waals surface area contributed by atoms with E-state index in [1.165, 1.54) is 22.8 Å². The lowest BCUT2D eigenvalue weighted by Crippen LogP contribution is -2.36. The SMILES string of the molecule is CCCCCn1c(=O)c(=O)[nH]c2ccc(C(=O)O)cc21. The summed E-state index contributed by atoms with van der Waals surface area (Å²) in [6.45, 7) is 2.46. The van der Waals surface area contributed by atoms with E-state index in [4.69, 9.17) is 5.11 Å². The van der Waals surface area contributed by atoms with Crippen LogP contribution >= 0.6 is 0 Å². The Hall–Kier alpha value is -2.37. The summed E-state index contributed by atoms with van der Waals surface area (Å²) in [7, 11) is 0. The summed E-state index contributed by atoms with van der Waals surface area (Å²) in [6, 6.07) is 4.33. The number of aromatic carboxylic acids is 1. The van der Waals surface area contributed by atoms with E-state index in [1.54, 1.807) is 0 Å². The standard InChI is InChI=1S/C14H16N2O4/c1-2-3-4-7-16-11-8-9(14(19)20)5-6-10(11)15-12(17)13(16)18/h5-6,8H,2-4,7H2,1H3,(H,15,17)(H,19,20). The smallest absolute Gasteiger partial charge is 0.335 e. The van der Waals surface area contributed by atoms with Gasteiger partial charge in [0.15, 0.2) is 0 Å². The van der Waals surface area contributed by atoms with Crippen molar-refractivity contribution in [2.45, 2.75) is 32.7 Å². The lowest BCUT2D eigenvalue weighted by atomic mass is 10.2. The summed E-state index contributed by atoms with van der Waals surface area (Å²) in [4.78, 5) is 37.0. The molecule has 1 aromatic heterocycles. The molecule has 2 aromatic rings. The molecule has 0 amide bonds. The number of aryl methyl sites for hydroxylation is 1. The maximum Gasteiger partial charge on any atom is 0.335 e. The van der Waals surface area contributed by atoms with Gasteiger partial charge < -0.3 is 14.7 Å². The zero-order valence-electron chi connectivity index (χ0n) is 11.2. The van der Waals surface area contributed by atoms with Gasteiger partial charge in [0.2, 0.25) is 0 Å². The fraction of sp³-hybridized carbons (Fsp3) is 0.357. The van der Waals surface area contributed by atoms with E-state index in [1.807, 2.05) is 6.92 Å². The molecule has 0 aliphatic rings. The molecule has 2 rings (SSSR count). The first kappa shape index (κ1) is 14.0. The van der Waals surface area contributed by atoms with Gasteiger partial charge in [0.25, 0.3) is 0 Å². The number of fused-ring (bicyclic) bond motifs is 1. The van der Waals surface area contributed by atoms with Gasteiger partial charge in [-0.3, -0.25) is 9.59 Å². The molecular formula is C14H16N2O4. The number of aromatic nitrogens is 2. The van der Waals surface area contributed by atoms with Crippen molar-refractivity contribution in [3.63, 3.8) is 0 Å². The van der Waals surface area contributed by atoms with Gasteiger partial charge in [0.05, 0.1) is 16.6 Å². The van der Waals surface area contributed by atoms with E-state index in [0.29, 0.717) is 17.6 Å². The highest BCUT2D eigenvalue weighted by molar-refractivity contribution is 5.92. The Balaban J connectivity index is 2.63. The van der Waals surface area contributed by atoms with Crippen LogP contribution in [-0.4, -0.2) is 20.6 Å². The predicted molar refractivity (Wildman–Crippen MR) is 75.3 cm³/mol. The molecule has 6 heteroatoms. The molecule has 0 unspecified atom stereocenters. The van der Waals surface area contributed by atoms with Gasteiger partial charge in [-0.15, -0.1) is 0 Å². The number of carbonyl (C=O) groups is 1. The summed E-state index contributed by atoms with van der Waals surface area (Å²) in [6.07, 6.45) is 2.71. The maximum atomic E-state index is 11.9. The van der Waals surface area contributed by atoms with Gasteiger partial charge in [-0.05, 0) is 24.6 Å². The molecule has 0 saturated carbocycles. The van der Waals surface area contributed by atoms with Crippen LogP contribution in [0.25, 0.3) is 11.0 Å². The number of H-pyrrole nitrogens is 1. The summed E-state index contributed by atoms with van der Waals surface area (Å²) >= 11 is 0. The van der Waals surface area contributed by atoms with Crippen molar-refractivity contribution in [2.24, 2.45) is 0 Å². The van der Waals surface area contributed by atoms with E-state index in [0.717, 1.165) is 19.3 Å². The third kappa shape index (κ3) is 2.64. The number of carboxylic acid groups (broad SMARTS) is 1. The number of nitrogens with zero attached hydrogens (tertiary/aromatic N) is 1. The van der Waals surface area contributed by atoms with Crippen molar-refractivity contribution in [3.8, 4) is 0 Å². The van der Waals surface area contributed by atoms with Crippen molar-refractivity contribution >= 4 is 17.0 Å². The zero-order chi connectivity index (χ0) is 14.7. The average molecular weight is 276 g/mol. The summed E-state index contributed by atoms with van der Waals surface area (Å²) in [5.74, 6) is -1.06. The number of rotatable bonds is 5. The molecule has 0 saturated heterocycles. The number of carboxylic acids is 1. The van der Waals surface area contributed by atoms with E-state index in [9.17, 15) is 14.4 Å². The minimum absolute atomic E-state index is 0.0909. The van der Waals surface area contributed by atoms with Crippen LogP contribution < -0.4 is 11.1 Å². The van der Waals surface area contributed by atoms with Crippen LogP contribution in [0.3, 0.4) is 0 Å². The largest absolute Gasteiger partial charge is 0.478 e. The highest BCUT2D eigenvalue weighted by atomic mass is 16.4. The Labute approximate surface area is 114 Å². The van der Waals surface area contributed by atoms with Crippen LogP contribution in [0.15, 0.2) is 27.8 Å². The van der Waals surface area contributed by atoms with E-state index in [2.05, 4.69) is 4.98 Å². The highest BCUT2D eigenvalue weighted by Crippen LogP contribution is 2.12. The van der Waals surface area contributed by atoms with E-state index >= 15 is 0 Å². The molecular weight excluding hydrogens is 260 g/mol. The Bertz CT molecular complexity index is 758. The van der Waals surface area contributed by atoms with Gasteiger partial charge in [0.1, 0.15) is 0 Å². The highest BCUT2D eigenvalue weighted by Gasteiger charge is 2.10. The average Bonchev–Trinajstić information content (AvgIpc) is 2.42. The molecule has 0 atom stereocenters. The first-order valence-corrected chi connectivity index (χ1v) is 6.54. The first-order valence-electron chi connectivity index (χ1n) is 6.54. The third-order valence-electron chi connectivity index (χ3n) is 3.21. The minimum Gasteiger partial charge on any atom is -0.478 e. The summed E-state index contributed by atoms with van der Waals surface area (Å²) in [5, 5.41) is 9.01. The zero-order valence-corrected chi connectivity index (χ0v) is 11.2. The fourth-order valence-corrected chi connectivity index (χ4v) is 2.14. The molecule has 6 nitrogen and oxygen atoms in total. The minimum atomic E-state index is -1.06. The van der Waals surface area contributed by atoms with Crippen molar-refractivity contribution in [2.75, 3.05) is 0 Å². The van der Waals surface area contributed by atoms with Crippen LogP contribution in [0.1, 0.15) is 36.5 Å². The Morgan fingerprint density at radius 3 is 2.70 bits per heavy atom. The van der Waals surface area contributed by atoms with Gasteiger partial charge in [-0.2, -0.15) is 0 Å². The van der Waals surface area contributed by atoms with Gasteiger partial charge in [-0.25, -0.2) is 4.79 Å². The molecule has 0 radical (unpaired) electrons. The van der Waals surface area contributed by atoms with Gasteiger partial charge >= 0.3 is 17.1 Å². The van der Waals surface area contributed by atoms with Crippen LogP contribution in [0, 0.1) is 0 Å². The molecule has 0 aliphatic carbocycles. The molecule has 20 heavy (non-hydrogen) atoms. The van der Waals surface area contributed by atoms with Gasteiger partial charge in [0, 0.05) is 6.54 Å². The third-order valence-corrected chi connectivity index (χ3v) is 3.21. The monoisotopic (exact) mass is 276 g/mol. The lowest BCUT2D eigenvalue weighted by molar-refractivity contribution is 0.0697. The van der Waals surface area contributed by atoms with Crippen LogP contribution in [0.2, 0.25) is 0 Å². The fourth-order valence-electron chi connectivity index (χ4n) is 2.14. The summed E-state index contributed by atoms with van der Waals surface area (Å²) in [5.41, 5.74) is -0.317. The molecule has 0 bridgehead atoms. The molecule has 0 spiro atoms. The molecule has 106 valence electrons. The number of nitrogens with one attached hydrogen (secondary N) is 1. The maximum absolute atomic E-state index is 11.9. The Kier molecular flexibility index (Phi) is 4.02. The number of hydrogen-bond acceptors (Lipinski definition) is 3. The van der Waals surface area contributed by atoms with Gasteiger partial charge in [-0.1, -0.05) is 19.8 Å². The second kappa shape index (κ2) is 5.73. The van der Waals surface area contributed by atoms with Crippen LogP contribution in [0.4, 0.5) is 0 Å². The van der Waals surface area contributed by atoms with Crippen LogP contribution in [0.5, 0.6) is 0 Å². The van der Waals surface area contributed by atoms with Crippen molar-refractivity contribution in [3.05, 3.63) is 44.5 Å². The topological polar surface area (TPSA) is 92.2 Å². The lowest BCUT2D eigenvalue weighted by Gasteiger charge is -2.09. The van der Waals surface area contributed by atoms with Crippen molar-refractivity contribution in [1.82, 2.24) is 9.55 Å². The van der Waals surface area contributed by atoms with E-state index < -0.39 is 17.1 Å². The second-order valence-electron chi connectivity index (χ2n) is 4.66. The molecule has 0 fully saturated rings. The van der Waals surface area contributed by atoms with E-state index in [-0.39, 0.29) is 5.56 Å². The number of unbranched alkanes of at least 4 members (excludes halogenated alkanes) is 2. The number of hydrogen-bond donors (Lipinski definition) is 2. The Morgan fingerprint density at radius 1 is 1.30 bits per heavy atom. The van der Waals surface area contributed by atoms with Crippen molar-refractivity contribution < 1.29 is 9.90 Å². The number of benzene rings is 1. The molecule has 1 aromatic carbocycles. The normalized spacial score (nSPS) is 10.8. The molecule has 1 heterocycles. The predicted octanol–water partition coefficient (Wildman–Crippen LogP) is 1.58. The quantitative estimate of drug-likeness (QED) is 0.640.